The minimum absolute atomic E-state index is 1.09. The van der Waals surface area contributed by atoms with E-state index < -0.39 is 0 Å². The van der Waals surface area contributed by atoms with Crippen molar-refractivity contribution in [2.24, 2.45) is 0 Å². The van der Waals surface area contributed by atoms with Gasteiger partial charge in [-0.15, -0.1) is 0 Å². The maximum Gasteiger partial charge on any atom is 0.0704 e. The fourth-order valence-electron chi connectivity index (χ4n) is 1.87. The van der Waals surface area contributed by atoms with E-state index in [9.17, 15) is 0 Å². The predicted molar refractivity (Wildman–Crippen MR) is 60.5 cm³/mol. The van der Waals surface area contributed by atoms with Crippen LogP contribution >= 0.6 is 0 Å². The Labute approximate surface area is 84.8 Å². The SMILES string of the molecule is CCc1cc2cccnc2cc1CC. The summed E-state index contributed by atoms with van der Waals surface area (Å²) in [7, 11) is 0. The highest BCUT2D eigenvalue weighted by Gasteiger charge is 2.01. The molecule has 0 fully saturated rings. The molecule has 2 rings (SSSR count). The first-order valence-corrected chi connectivity index (χ1v) is 5.21. The second-order valence-electron chi connectivity index (χ2n) is 3.52. The number of benzene rings is 1. The van der Waals surface area contributed by atoms with E-state index >= 15 is 0 Å². The van der Waals surface area contributed by atoms with Crippen molar-refractivity contribution in [2.45, 2.75) is 26.7 Å². The Morgan fingerprint density at radius 1 is 1.07 bits per heavy atom. The van der Waals surface area contributed by atoms with Gasteiger partial charge in [-0.3, -0.25) is 4.98 Å². The summed E-state index contributed by atoms with van der Waals surface area (Å²) >= 11 is 0. The average Bonchev–Trinajstić information content (AvgIpc) is 2.27. The summed E-state index contributed by atoms with van der Waals surface area (Å²) in [6.45, 7) is 4.40. The van der Waals surface area contributed by atoms with Crippen molar-refractivity contribution in [2.75, 3.05) is 0 Å². The lowest BCUT2D eigenvalue weighted by molar-refractivity contribution is 1.04. The minimum Gasteiger partial charge on any atom is -0.256 e. The molecule has 0 aliphatic rings. The molecule has 0 bridgehead atoms. The van der Waals surface area contributed by atoms with Crippen LogP contribution in [0.15, 0.2) is 30.5 Å². The first-order chi connectivity index (χ1) is 6.85. The van der Waals surface area contributed by atoms with Crippen molar-refractivity contribution in [3.8, 4) is 0 Å². The van der Waals surface area contributed by atoms with Crippen LogP contribution in [-0.2, 0) is 12.8 Å². The third-order valence-electron chi connectivity index (χ3n) is 2.69. The molecule has 0 saturated carbocycles. The highest BCUT2D eigenvalue weighted by molar-refractivity contribution is 5.80. The van der Waals surface area contributed by atoms with Gasteiger partial charge in [-0.2, -0.15) is 0 Å². The molecule has 1 heteroatoms. The highest BCUT2D eigenvalue weighted by atomic mass is 14.6. The molecule has 0 radical (unpaired) electrons. The zero-order valence-electron chi connectivity index (χ0n) is 8.75. The van der Waals surface area contributed by atoms with Gasteiger partial charge in [0.2, 0.25) is 0 Å². The average molecular weight is 185 g/mol. The summed E-state index contributed by atoms with van der Waals surface area (Å²) in [5.41, 5.74) is 3.99. The summed E-state index contributed by atoms with van der Waals surface area (Å²) < 4.78 is 0. The van der Waals surface area contributed by atoms with Crippen molar-refractivity contribution in [1.82, 2.24) is 4.98 Å². The van der Waals surface area contributed by atoms with Crippen LogP contribution in [0.5, 0.6) is 0 Å². The number of pyridine rings is 1. The van der Waals surface area contributed by atoms with Crippen LogP contribution in [0, 0.1) is 0 Å². The Kier molecular flexibility index (Phi) is 2.49. The van der Waals surface area contributed by atoms with E-state index in [0.29, 0.717) is 0 Å². The molecule has 0 unspecified atom stereocenters. The fraction of sp³-hybridized carbons (Fsp3) is 0.308. The van der Waals surface area contributed by atoms with Gasteiger partial charge in [0.25, 0.3) is 0 Å². The molecule has 2 aromatic rings. The second kappa shape index (κ2) is 3.79. The van der Waals surface area contributed by atoms with E-state index in [2.05, 4.69) is 37.0 Å². The monoisotopic (exact) mass is 185 g/mol. The topological polar surface area (TPSA) is 12.9 Å². The van der Waals surface area contributed by atoms with Crippen molar-refractivity contribution >= 4 is 10.9 Å². The van der Waals surface area contributed by atoms with E-state index in [-0.39, 0.29) is 0 Å². The molecule has 14 heavy (non-hydrogen) atoms. The van der Waals surface area contributed by atoms with Gasteiger partial charge < -0.3 is 0 Å². The van der Waals surface area contributed by atoms with E-state index in [1.165, 1.54) is 16.5 Å². The Hall–Kier alpha value is -1.37. The van der Waals surface area contributed by atoms with Crippen molar-refractivity contribution in [3.05, 3.63) is 41.6 Å². The predicted octanol–water partition coefficient (Wildman–Crippen LogP) is 3.36. The number of aromatic nitrogens is 1. The molecule has 1 nitrogen and oxygen atoms in total. The zero-order valence-corrected chi connectivity index (χ0v) is 8.75. The van der Waals surface area contributed by atoms with Crippen molar-refractivity contribution < 1.29 is 0 Å². The molecule has 0 saturated heterocycles. The largest absolute Gasteiger partial charge is 0.256 e. The summed E-state index contributed by atoms with van der Waals surface area (Å²) in [6, 6.07) is 8.60. The number of rotatable bonds is 2. The number of aryl methyl sites for hydroxylation is 2. The van der Waals surface area contributed by atoms with E-state index in [4.69, 9.17) is 0 Å². The summed E-state index contributed by atoms with van der Waals surface area (Å²) in [5.74, 6) is 0. The molecule has 0 amide bonds. The van der Waals surface area contributed by atoms with Gasteiger partial charge in [-0.1, -0.05) is 19.9 Å². The van der Waals surface area contributed by atoms with E-state index in [0.717, 1.165) is 18.4 Å². The van der Waals surface area contributed by atoms with Gasteiger partial charge in [0.1, 0.15) is 0 Å². The maximum atomic E-state index is 4.37. The number of hydrogen-bond donors (Lipinski definition) is 0. The molecule has 1 aromatic heterocycles. The normalized spacial score (nSPS) is 10.7. The first-order valence-electron chi connectivity index (χ1n) is 5.21. The van der Waals surface area contributed by atoms with E-state index in [1.807, 2.05) is 12.3 Å². The Morgan fingerprint density at radius 3 is 2.50 bits per heavy atom. The molecule has 1 heterocycles. The van der Waals surface area contributed by atoms with Crippen LogP contribution in [0.25, 0.3) is 10.9 Å². The Balaban J connectivity index is 2.69. The Bertz CT molecular complexity index is 403. The highest BCUT2D eigenvalue weighted by Crippen LogP contribution is 2.19. The number of nitrogens with zero attached hydrogens (tertiary/aromatic N) is 1. The minimum atomic E-state index is 1.09. The molecule has 0 aliphatic carbocycles. The summed E-state index contributed by atoms with van der Waals surface area (Å²) in [4.78, 5) is 4.37. The quantitative estimate of drug-likeness (QED) is 0.699. The number of fused-ring (bicyclic) bond motifs is 1. The van der Waals surface area contributed by atoms with Crippen LogP contribution < -0.4 is 0 Å². The van der Waals surface area contributed by atoms with Crippen molar-refractivity contribution in [3.63, 3.8) is 0 Å². The molecule has 0 spiro atoms. The van der Waals surface area contributed by atoms with Crippen LogP contribution in [0.4, 0.5) is 0 Å². The lowest BCUT2D eigenvalue weighted by Gasteiger charge is -2.07. The number of hydrogen-bond acceptors (Lipinski definition) is 1. The van der Waals surface area contributed by atoms with Crippen LogP contribution in [0.3, 0.4) is 0 Å². The molecule has 72 valence electrons. The van der Waals surface area contributed by atoms with Gasteiger partial charge in [0.05, 0.1) is 5.52 Å². The Morgan fingerprint density at radius 2 is 1.79 bits per heavy atom. The molecule has 1 aromatic carbocycles. The molecule has 0 N–H and O–H groups in total. The standard InChI is InChI=1S/C13H15N/c1-3-10-8-12-6-5-7-14-13(12)9-11(10)4-2/h5-9H,3-4H2,1-2H3. The summed E-state index contributed by atoms with van der Waals surface area (Å²) in [5, 5.41) is 1.25. The third-order valence-corrected chi connectivity index (χ3v) is 2.69. The molecule has 0 aliphatic heterocycles. The van der Waals surface area contributed by atoms with E-state index in [1.54, 1.807) is 0 Å². The summed E-state index contributed by atoms with van der Waals surface area (Å²) in [6.07, 6.45) is 4.05. The van der Waals surface area contributed by atoms with Crippen LogP contribution in [0.2, 0.25) is 0 Å². The molecular formula is C13H15N. The van der Waals surface area contributed by atoms with Gasteiger partial charge in [0, 0.05) is 11.6 Å². The fourth-order valence-corrected chi connectivity index (χ4v) is 1.87. The van der Waals surface area contributed by atoms with Crippen molar-refractivity contribution in [1.29, 1.82) is 0 Å². The van der Waals surface area contributed by atoms with Gasteiger partial charge in [0.15, 0.2) is 0 Å². The lowest BCUT2D eigenvalue weighted by atomic mass is 10.0. The van der Waals surface area contributed by atoms with Gasteiger partial charge in [-0.25, -0.2) is 0 Å². The zero-order chi connectivity index (χ0) is 9.97. The second-order valence-corrected chi connectivity index (χ2v) is 3.52. The van der Waals surface area contributed by atoms with Crippen LogP contribution in [0.1, 0.15) is 25.0 Å². The smallest absolute Gasteiger partial charge is 0.0704 e. The molecular weight excluding hydrogens is 170 g/mol. The third kappa shape index (κ3) is 1.50. The van der Waals surface area contributed by atoms with Gasteiger partial charge >= 0.3 is 0 Å². The van der Waals surface area contributed by atoms with Gasteiger partial charge in [-0.05, 0) is 42.2 Å². The van der Waals surface area contributed by atoms with Crippen LogP contribution in [-0.4, -0.2) is 4.98 Å². The lowest BCUT2D eigenvalue weighted by Crippen LogP contribution is -1.92. The first kappa shape index (κ1) is 9.20. The maximum absolute atomic E-state index is 4.37. The molecule has 0 atom stereocenters.